The highest BCUT2D eigenvalue weighted by atomic mass is 79.9. The second-order valence-electron chi connectivity index (χ2n) is 3.93. The van der Waals surface area contributed by atoms with E-state index in [0.29, 0.717) is 5.56 Å². The van der Waals surface area contributed by atoms with Gasteiger partial charge >= 0.3 is 0 Å². The first kappa shape index (κ1) is 11.2. The smallest absolute Gasteiger partial charge is 0.150 e. The summed E-state index contributed by atoms with van der Waals surface area (Å²) < 4.78 is 2.96. The Bertz CT molecular complexity index is 733. The summed E-state index contributed by atoms with van der Waals surface area (Å²) in [6, 6.07) is 11.5. The van der Waals surface area contributed by atoms with Crippen molar-refractivity contribution in [2.45, 2.75) is 0 Å². The van der Waals surface area contributed by atoms with E-state index in [4.69, 9.17) is 0 Å². The minimum atomic E-state index is 0.654. The van der Waals surface area contributed by atoms with Gasteiger partial charge < -0.3 is 0 Å². The molecule has 0 spiro atoms. The molecule has 0 aliphatic heterocycles. The first-order chi connectivity index (χ1) is 8.79. The Morgan fingerprint density at radius 1 is 1.22 bits per heavy atom. The Kier molecular flexibility index (Phi) is 2.72. The average molecular weight is 301 g/mol. The summed E-state index contributed by atoms with van der Waals surface area (Å²) in [6.07, 6.45) is 4.47. The van der Waals surface area contributed by atoms with Crippen LogP contribution in [0.1, 0.15) is 10.4 Å². The first-order valence-corrected chi connectivity index (χ1v) is 6.26. The van der Waals surface area contributed by atoms with Gasteiger partial charge in [-0.2, -0.15) is 0 Å². The molecule has 0 bridgehead atoms. The summed E-state index contributed by atoms with van der Waals surface area (Å²) in [5.41, 5.74) is 2.59. The van der Waals surface area contributed by atoms with Gasteiger partial charge in [-0.1, -0.05) is 34.1 Å². The van der Waals surface area contributed by atoms with E-state index in [1.54, 1.807) is 12.3 Å². The molecule has 1 aromatic carbocycles. The van der Waals surface area contributed by atoms with Crippen molar-refractivity contribution < 1.29 is 4.79 Å². The zero-order valence-electron chi connectivity index (χ0n) is 9.38. The van der Waals surface area contributed by atoms with Gasteiger partial charge in [0.25, 0.3) is 0 Å². The van der Waals surface area contributed by atoms with E-state index in [-0.39, 0.29) is 0 Å². The number of halogens is 1. The Labute approximate surface area is 112 Å². The number of aldehydes is 1. The first-order valence-electron chi connectivity index (χ1n) is 5.47. The van der Waals surface area contributed by atoms with Crippen LogP contribution in [-0.4, -0.2) is 15.7 Å². The largest absolute Gasteiger partial charge is 0.300 e. The fourth-order valence-electron chi connectivity index (χ4n) is 1.93. The van der Waals surface area contributed by atoms with Crippen LogP contribution in [0.15, 0.2) is 53.3 Å². The summed E-state index contributed by atoms with van der Waals surface area (Å²) in [6.45, 7) is 0. The third-order valence-electron chi connectivity index (χ3n) is 2.81. The lowest BCUT2D eigenvalue weighted by Crippen LogP contribution is -1.91. The van der Waals surface area contributed by atoms with Crippen molar-refractivity contribution in [2.75, 3.05) is 0 Å². The molecule has 0 saturated heterocycles. The summed E-state index contributed by atoms with van der Waals surface area (Å²) in [5.74, 6) is 0.856. The number of imidazole rings is 1. The van der Waals surface area contributed by atoms with E-state index in [9.17, 15) is 4.79 Å². The lowest BCUT2D eigenvalue weighted by Gasteiger charge is -2.03. The van der Waals surface area contributed by atoms with E-state index in [1.165, 1.54) is 0 Å². The molecule has 88 valence electrons. The quantitative estimate of drug-likeness (QED) is 0.678. The van der Waals surface area contributed by atoms with Crippen LogP contribution in [0.25, 0.3) is 16.9 Å². The molecule has 4 heteroatoms. The van der Waals surface area contributed by atoms with Crippen LogP contribution in [0.3, 0.4) is 0 Å². The predicted octanol–water partition coefficient (Wildman–Crippen LogP) is 3.58. The van der Waals surface area contributed by atoms with Gasteiger partial charge in [0.15, 0.2) is 0 Å². The molecular weight excluding hydrogens is 292 g/mol. The molecule has 0 N–H and O–H groups in total. The number of carbonyl (C=O) groups excluding carboxylic acids is 1. The Morgan fingerprint density at radius 3 is 2.83 bits per heavy atom. The molecule has 0 fully saturated rings. The number of aromatic nitrogens is 2. The van der Waals surface area contributed by atoms with Crippen molar-refractivity contribution >= 4 is 27.7 Å². The van der Waals surface area contributed by atoms with Crippen LogP contribution in [0.5, 0.6) is 0 Å². The minimum Gasteiger partial charge on any atom is -0.300 e. The fraction of sp³-hybridized carbons (Fsp3) is 0. The number of benzene rings is 1. The molecule has 0 amide bonds. The van der Waals surface area contributed by atoms with Crippen molar-refractivity contribution in [3.8, 4) is 11.4 Å². The lowest BCUT2D eigenvalue weighted by molar-refractivity contribution is 0.112. The molecule has 0 radical (unpaired) electrons. The maximum Gasteiger partial charge on any atom is 0.150 e. The van der Waals surface area contributed by atoms with Crippen molar-refractivity contribution in [2.24, 2.45) is 0 Å². The van der Waals surface area contributed by atoms with Gasteiger partial charge in [-0.15, -0.1) is 0 Å². The zero-order chi connectivity index (χ0) is 12.5. The molecule has 18 heavy (non-hydrogen) atoms. The van der Waals surface area contributed by atoms with Gasteiger partial charge in [0.1, 0.15) is 12.1 Å². The molecule has 2 aromatic heterocycles. The van der Waals surface area contributed by atoms with Crippen molar-refractivity contribution in [1.82, 2.24) is 9.38 Å². The SMILES string of the molecule is O=Cc1ccn2c(-c3ccccc3Br)ncc2c1. The maximum atomic E-state index is 10.7. The minimum absolute atomic E-state index is 0.654. The van der Waals surface area contributed by atoms with Crippen molar-refractivity contribution in [1.29, 1.82) is 0 Å². The second kappa shape index (κ2) is 4.38. The molecule has 0 atom stereocenters. The maximum absolute atomic E-state index is 10.7. The van der Waals surface area contributed by atoms with Crippen molar-refractivity contribution in [3.05, 3.63) is 58.8 Å². The van der Waals surface area contributed by atoms with Gasteiger partial charge in [-0.3, -0.25) is 9.20 Å². The van der Waals surface area contributed by atoms with E-state index in [0.717, 1.165) is 27.7 Å². The molecule has 3 rings (SSSR count). The highest BCUT2D eigenvalue weighted by molar-refractivity contribution is 9.10. The Balaban J connectivity index is 2.25. The second-order valence-corrected chi connectivity index (χ2v) is 4.79. The number of rotatable bonds is 2. The number of fused-ring (bicyclic) bond motifs is 1. The normalized spacial score (nSPS) is 10.7. The zero-order valence-corrected chi connectivity index (χ0v) is 11.0. The molecule has 0 aliphatic rings. The Hall–Kier alpha value is -1.94. The van der Waals surface area contributed by atoms with Crippen LogP contribution >= 0.6 is 15.9 Å². The monoisotopic (exact) mass is 300 g/mol. The number of carbonyl (C=O) groups is 1. The Morgan fingerprint density at radius 2 is 2.06 bits per heavy atom. The molecule has 2 heterocycles. The summed E-state index contributed by atoms with van der Waals surface area (Å²) in [4.78, 5) is 15.2. The topological polar surface area (TPSA) is 34.4 Å². The van der Waals surface area contributed by atoms with Gasteiger partial charge in [0.2, 0.25) is 0 Å². The molecule has 0 aliphatic carbocycles. The van der Waals surface area contributed by atoms with Gasteiger partial charge in [0, 0.05) is 21.8 Å². The molecule has 3 nitrogen and oxygen atoms in total. The number of pyridine rings is 1. The highest BCUT2D eigenvalue weighted by Crippen LogP contribution is 2.27. The molecular formula is C14H9BrN2O. The van der Waals surface area contributed by atoms with Crippen LogP contribution in [0.2, 0.25) is 0 Å². The van der Waals surface area contributed by atoms with Crippen LogP contribution in [0, 0.1) is 0 Å². The average Bonchev–Trinajstić information content (AvgIpc) is 2.82. The van der Waals surface area contributed by atoms with Crippen LogP contribution in [-0.2, 0) is 0 Å². The molecule has 3 aromatic rings. The molecule has 0 unspecified atom stereocenters. The standard InChI is InChI=1S/C14H9BrN2O/c15-13-4-2-1-3-12(13)14-16-8-11-7-10(9-18)5-6-17(11)14/h1-9H. The van der Waals surface area contributed by atoms with E-state index < -0.39 is 0 Å². The highest BCUT2D eigenvalue weighted by Gasteiger charge is 2.09. The van der Waals surface area contributed by atoms with E-state index >= 15 is 0 Å². The van der Waals surface area contributed by atoms with Crippen LogP contribution in [0.4, 0.5) is 0 Å². The summed E-state index contributed by atoms with van der Waals surface area (Å²) in [5, 5.41) is 0. The van der Waals surface area contributed by atoms with Gasteiger partial charge in [-0.05, 0) is 18.2 Å². The predicted molar refractivity (Wildman–Crippen MR) is 73.7 cm³/mol. The third-order valence-corrected chi connectivity index (χ3v) is 3.50. The van der Waals surface area contributed by atoms with Gasteiger partial charge in [-0.25, -0.2) is 4.98 Å². The lowest BCUT2D eigenvalue weighted by atomic mass is 10.2. The fourth-order valence-corrected chi connectivity index (χ4v) is 2.39. The summed E-state index contributed by atoms with van der Waals surface area (Å²) >= 11 is 3.52. The molecule has 0 saturated carbocycles. The number of hydrogen-bond donors (Lipinski definition) is 0. The summed E-state index contributed by atoms with van der Waals surface area (Å²) in [7, 11) is 0. The third kappa shape index (κ3) is 1.75. The van der Waals surface area contributed by atoms with Gasteiger partial charge in [0.05, 0.1) is 11.7 Å². The van der Waals surface area contributed by atoms with Crippen molar-refractivity contribution in [3.63, 3.8) is 0 Å². The van der Waals surface area contributed by atoms with Crippen LogP contribution < -0.4 is 0 Å². The van der Waals surface area contributed by atoms with E-state index in [2.05, 4.69) is 20.9 Å². The number of nitrogens with zero attached hydrogens (tertiary/aromatic N) is 2. The number of hydrogen-bond acceptors (Lipinski definition) is 2. The van der Waals surface area contributed by atoms with E-state index in [1.807, 2.05) is 40.9 Å².